The van der Waals surface area contributed by atoms with E-state index in [0.717, 1.165) is 0 Å². The van der Waals surface area contributed by atoms with Crippen molar-refractivity contribution in [3.63, 3.8) is 0 Å². The molecule has 1 aromatic carbocycles. The highest BCUT2D eigenvalue weighted by Gasteiger charge is 2.64. The molecule has 0 saturated heterocycles. The molecule has 0 aliphatic heterocycles. The number of rotatable bonds is 3. The first-order chi connectivity index (χ1) is 15.3. The SMILES string of the molecule is CN(C)c1ccc2c(c1O)C(O)=C1C(=O)C3(O)C(O)=C(C(N)=O)C(=O)C(N(C)C)C3CC1C2. The number of fused-ring (bicyclic) bond motifs is 3. The summed E-state index contributed by atoms with van der Waals surface area (Å²) in [6.45, 7) is 0. The van der Waals surface area contributed by atoms with Gasteiger partial charge in [-0.15, -0.1) is 0 Å². The number of Topliss-reactive ketones (excluding diaryl/α,β-unsaturated/α-hetero) is 2. The van der Waals surface area contributed by atoms with Crippen molar-refractivity contribution in [1.29, 1.82) is 0 Å². The van der Waals surface area contributed by atoms with E-state index in [0.29, 0.717) is 11.3 Å². The number of primary amides is 1. The topological polar surface area (TPSA) is 165 Å². The minimum atomic E-state index is -2.63. The van der Waals surface area contributed by atoms with Gasteiger partial charge in [0.25, 0.3) is 5.91 Å². The quantitative estimate of drug-likeness (QED) is 0.394. The number of benzene rings is 1. The largest absolute Gasteiger partial charge is 0.508 e. The molecule has 0 heterocycles. The second-order valence-electron chi connectivity index (χ2n) is 9.32. The molecule has 1 saturated carbocycles. The van der Waals surface area contributed by atoms with Gasteiger partial charge in [0.1, 0.15) is 22.8 Å². The van der Waals surface area contributed by atoms with Gasteiger partial charge in [0, 0.05) is 25.6 Å². The predicted molar refractivity (Wildman–Crippen MR) is 119 cm³/mol. The van der Waals surface area contributed by atoms with Crippen LogP contribution in [0.2, 0.25) is 0 Å². The van der Waals surface area contributed by atoms with Crippen molar-refractivity contribution in [2.45, 2.75) is 24.5 Å². The van der Waals surface area contributed by atoms with E-state index in [1.165, 1.54) is 4.90 Å². The van der Waals surface area contributed by atoms with Crippen LogP contribution in [0.15, 0.2) is 29.0 Å². The van der Waals surface area contributed by atoms with Crippen LogP contribution in [-0.2, 0) is 20.8 Å². The molecule has 1 fully saturated rings. The smallest absolute Gasteiger partial charge is 0.255 e. The third-order valence-electron chi connectivity index (χ3n) is 7.05. The number of anilines is 1. The molecule has 3 aliphatic carbocycles. The van der Waals surface area contributed by atoms with Gasteiger partial charge in [-0.3, -0.25) is 19.3 Å². The van der Waals surface area contributed by atoms with Crippen LogP contribution < -0.4 is 10.6 Å². The Morgan fingerprint density at radius 3 is 2.30 bits per heavy atom. The molecular weight excluding hydrogens is 430 g/mol. The Bertz CT molecular complexity index is 1170. The first-order valence-electron chi connectivity index (χ1n) is 10.5. The van der Waals surface area contributed by atoms with Gasteiger partial charge < -0.3 is 31.1 Å². The lowest BCUT2D eigenvalue weighted by atomic mass is 9.57. The number of phenolic OH excluding ortho intramolecular Hbond substituents is 1. The fraction of sp³-hybridized carbons (Fsp3) is 0.435. The van der Waals surface area contributed by atoms with Crippen molar-refractivity contribution < 1.29 is 34.8 Å². The highest BCUT2D eigenvalue weighted by atomic mass is 16.3. The Kier molecular flexibility index (Phi) is 5.06. The average molecular weight is 457 g/mol. The zero-order valence-electron chi connectivity index (χ0n) is 18.8. The lowest BCUT2D eigenvalue weighted by Crippen LogP contribution is -2.65. The summed E-state index contributed by atoms with van der Waals surface area (Å²) in [5.41, 5.74) is 2.82. The van der Waals surface area contributed by atoms with Crippen LogP contribution >= 0.6 is 0 Å². The van der Waals surface area contributed by atoms with E-state index in [1.807, 2.05) is 0 Å². The lowest BCUT2D eigenvalue weighted by molar-refractivity contribution is -0.153. The van der Waals surface area contributed by atoms with Crippen LogP contribution in [0.3, 0.4) is 0 Å². The molecule has 6 N–H and O–H groups in total. The van der Waals surface area contributed by atoms with E-state index in [-0.39, 0.29) is 29.7 Å². The third-order valence-corrected chi connectivity index (χ3v) is 7.05. The molecule has 10 nitrogen and oxygen atoms in total. The number of aliphatic hydroxyl groups excluding tert-OH is 2. The van der Waals surface area contributed by atoms with Gasteiger partial charge in [-0.1, -0.05) is 6.07 Å². The number of carbonyl (C=O) groups is 3. The van der Waals surface area contributed by atoms with Crippen molar-refractivity contribution >= 4 is 28.9 Å². The molecule has 1 aromatic rings. The van der Waals surface area contributed by atoms with E-state index < -0.39 is 58.0 Å². The summed E-state index contributed by atoms with van der Waals surface area (Å²) >= 11 is 0. The monoisotopic (exact) mass is 457 g/mol. The number of aliphatic hydroxyl groups is 3. The van der Waals surface area contributed by atoms with E-state index in [2.05, 4.69) is 0 Å². The number of hydrogen-bond donors (Lipinski definition) is 5. The highest BCUT2D eigenvalue weighted by Crippen LogP contribution is 2.53. The summed E-state index contributed by atoms with van der Waals surface area (Å²) in [4.78, 5) is 41.8. The second kappa shape index (κ2) is 7.32. The van der Waals surface area contributed by atoms with Crippen molar-refractivity contribution in [3.8, 4) is 5.75 Å². The molecule has 4 atom stereocenters. The van der Waals surface area contributed by atoms with Crippen LogP contribution in [0, 0.1) is 11.8 Å². The Balaban J connectivity index is 1.97. The maximum atomic E-state index is 13.7. The summed E-state index contributed by atoms with van der Waals surface area (Å²) in [6.07, 6.45) is 0.345. The van der Waals surface area contributed by atoms with E-state index in [4.69, 9.17) is 5.73 Å². The molecule has 10 heteroatoms. The number of nitrogens with two attached hydrogens (primary N) is 1. The summed E-state index contributed by atoms with van der Waals surface area (Å²) in [7, 11) is 6.55. The zero-order chi connectivity index (χ0) is 24.6. The number of phenols is 1. The van der Waals surface area contributed by atoms with E-state index in [1.54, 1.807) is 45.2 Å². The number of likely N-dealkylation sites (N-methyl/N-ethyl adjacent to an activating group) is 1. The molecule has 33 heavy (non-hydrogen) atoms. The number of ketones is 2. The normalized spacial score (nSPS) is 29.1. The number of amides is 1. The van der Waals surface area contributed by atoms with Gasteiger partial charge in [-0.25, -0.2) is 0 Å². The van der Waals surface area contributed by atoms with Crippen LogP contribution in [0.25, 0.3) is 5.76 Å². The Hall–Kier alpha value is -3.37. The predicted octanol–water partition coefficient (Wildman–Crippen LogP) is 0.0300. The fourth-order valence-corrected chi connectivity index (χ4v) is 5.57. The molecule has 0 bridgehead atoms. The number of carbonyl (C=O) groups excluding carboxylic acids is 3. The first-order valence-corrected chi connectivity index (χ1v) is 10.5. The van der Waals surface area contributed by atoms with Gasteiger partial charge >= 0.3 is 0 Å². The Morgan fingerprint density at radius 1 is 1.12 bits per heavy atom. The standard InChI is InChI=1S/C23H27N3O7/c1-25(2)12-6-5-9-7-10-8-11-16(26(3)4)19(29)15(22(24)32)21(31)23(11,33)20(30)14(10)18(28)13(9)17(12)27/h5-6,10-11,16,27-28,31,33H,7-8H2,1-4H3,(H2,24,32). The lowest BCUT2D eigenvalue weighted by Gasteiger charge is -2.50. The maximum Gasteiger partial charge on any atom is 0.255 e. The van der Waals surface area contributed by atoms with E-state index in [9.17, 15) is 34.8 Å². The van der Waals surface area contributed by atoms with Crippen molar-refractivity contribution in [2.24, 2.45) is 17.6 Å². The number of nitrogens with zero attached hydrogens (tertiary/aromatic N) is 2. The van der Waals surface area contributed by atoms with Crippen LogP contribution in [0.4, 0.5) is 5.69 Å². The molecule has 4 rings (SSSR count). The number of hydrogen-bond acceptors (Lipinski definition) is 9. The maximum absolute atomic E-state index is 13.7. The summed E-state index contributed by atoms with van der Waals surface area (Å²) in [5, 5.41) is 44.2. The van der Waals surface area contributed by atoms with Gasteiger partial charge in [-0.2, -0.15) is 0 Å². The first kappa shape index (κ1) is 22.8. The van der Waals surface area contributed by atoms with Crippen molar-refractivity contribution in [3.05, 3.63) is 40.2 Å². The minimum absolute atomic E-state index is 0.0714. The Morgan fingerprint density at radius 2 is 1.76 bits per heavy atom. The van der Waals surface area contributed by atoms with Crippen LogP contribution in [0.5, 0.6) is 5.75 Å². The second-order valence-corrected chi connectivity index (χ2v) is 9.32. The third kappa shape index (κ3) is 2.90. The molecule has 0 aromatic heterocycles. The summed E-state index contributed by atoms with van der Waals surface area (Å²) < 4.78 is 0. The Labute approximate surface area is 190 Å². The fourth-order valence-electron chi connectivity index (χ4n) is 5.57. The van der Waals surface area contributed by atoms with Crippen molar-refractivity contribution in [2.75, 3.05) is 33.1 Å². The molecular formula is C23H27N3O7. The molecule has 0 radical (unpaired) electrons. The molecule has 0 spiro atoms. The summed E-state index contributed by atoms with van der Waals surface area (Å²) in [6, 6.07) is 2.36. The van der Waals surface area contributed by atoms with Gasteiger partial charge in [0.15, 0.2) is 11.4 Å². The van der Waals surface area contributed by atoms with Gasteiger partial charge in [0.05, 0.1) is 17.3 Å². The van der Waals surface area contributed by atoms with Gasteiger partial charge in [-0.05, 0) is 44.5 Å². The molecule has 1 amide bonds. The summed E-state index contributed by atoms with van der Waals surface area (Å²) in [5.74, 6) is -6.50. The molecule has 3 aliphatic rings. The van der Waals surface area contributed by atoms with Gasteiger partial charge in [0.2, 0.25) is 5.78 Å². The van der Waals surface area contributed by atoms with Crippen LogP contribution in [0.1, 0.15) is 17.5 Å². The van der Waals surface area contributed by atoms with Crippen molar-refractivity contribution in [1.82, 2.24) is 4.90 Å². The van der Waals surface area contributed by atoms with Crippen LogP contribution in [-0.4, -0.2) is 82.6 Å². The van der Waals surface area contributed by atoms with E-state index >= 15 is 0 Å². The highest BCUT2D eigenvalue weighted by molar-refractivity contribution is 6.24. The molecule has 4 unspecified atom stereocenters. The zero-order valence-corrected chi connectivity index (χ0v) is 18.8. The average Bonchev–Trinajstić information content (AvgIpc) is 2.70. The molecule has 176 valence electrons. The number of aromatic hydroxyl groups is 1. The minimum Gasteiger partial charge on any atom is -0.508 e.